The Hall–Kier alpha value is -2.89. The van der Waals surface area contributed by atoms with Crippen LogP contribution in [0.25, 0.3) is 0 Å². The van der Waals surface area contributed by atoms with Crippen LogP contribution < -0.4 is 10.6 Å². The van der Waals surface area contributed by atoms with E-state index in [4.69, 9.17) is 18.9 Å². The van der Waals surface area contributed by atoms with Gasteiger partial charge >= 0.3 is 23.9 Å². The Labute approximate surface area is 193 Å². The first kappa shape index (κ1) is 28.1. The highest BCUT2D eigenvalue weighted by molar-refractivity contribution is 5.76. The van der Waals surface area contributed by atoms with Crippen molar-refractivity contribution in [2.45, 2.75) is 98.1 Å². The van der Waals surface area contributed by atoms with Crippen LogP contribution in [0, 0.1) is 0 Å². The fourth-order valence-corrected chi connectivity index (χ4v) is 3.72. The molecule has 0 bridgehead atoms. The molecule has 0 aromatic rings. The van der Waals surface area contributed by atoms with Crippen molar-refractivity contribution in [2.75, 3.05) is 6.61 Å². The largest absolute Gasteiger partial charge is 0.463 e. The van der Waals surface area contributed by atoms with Gasteiger partial charge in [0.05, 0.1) is 0 Å². The lowest BCUT2D eigenvalue weighted by atomic mass is 9.95. The van der Waals surface area contributed by atoms with Crippen molar-refractivity contribution in [1.29, 1.82) is 0 Å². The lowest BCUT2D eigenvalue weighted by molar-refractivity contribution is -0.226. The molecule has 2 N–H and O–H groups in total. The molecule has 1 saturated heterocycles. The molecule has 1 heterocycles. The van der Waals surface area contributed by atoms with Crippen LogP contribution in [0.3, 0.4) is 0 Å². The van der Waals surface area contributed by atoms with Crippen molar-refractivity contribution in [3.8, 4) is 0 Å². The lowest BCUT2D eigenvalue weighted by Gasteiger charge is -2.46. The average Bonchev–Trinajstić information content (AvgIpc) is 2.63. The van der Waals surface area contributed by atoms with Gasteiger partial charge in [0, 0.05) is 39.8 Å². The number of nitrogens with one attached hydrogen (secondary N) is 2. The van der Waals surface area contributed by atoms with E-state index >= 15 is 0 Å². The van der Waals surface area contributed by atoms with E-state index in [0.29, 0.717) is 0 Å². The molecule has 188 valence electrons. The molecule has 0 saturated carbocycles. The Balaban J connectivity index is 3.41. The predicted octanol–water partition coefficient (Wildman–Crippen LogP) is 0.471. The number of hydrogen-bond donors (Lipinski definition) is 2. The van der Waals surface area contributed by atoms with Crippen LogP contribution in [-0.4, -0.2) is 84.0 Å². The maximum Gasteiger partial charge on any atom is 0.319 e. The topological polar surface area (TPSA) is 150 Å². The summed E-state index contributed by atoms with van der Waals surface area (Å²) in [7, 11) is 0. The second-order valence-electron chi connectivity index (χ2n) is 8.32. The molecular weight excluding hydrogens is 438 g/mol. The van der Waals surface area contributed by atoms with Crippen molar-refractivity contribution in [1.82, 2.24) is 15.5 Å². The van der Waals surface area contributed by atoms with Crippen molar-refractivity contribution in [3.63, 3.8) is 0 Å². The molecule has 0 aromatic carbocycles. The normalized spacial score (nSPS) is 24.6. The van der Waals surface area contributed by atoms with E-state index in [-0.39, 0.29) is 18.7 Å². The summed E-state index contributed by atoms with van der Waals surface area (Å²) in [5, 5.41) is 5.31. The van der Waals surface area contributed by atoms with Gasteiger partial charge in [0.1, 0.15) is 18.8 Å². The summed E-state index contributed by atoms with van der Waals surface area (Å²) in [5.74, 6) is -2.52. The van der Waals surface area contributed by atoms with Gasteiger partial charge in [-0.05, 0) is 27.7 Å². The van der Waals surface area contributed by atoms with Gasteiger partial charge in [-0.25, -0.2) is 4.79 Å². The van der Waals surface area contributed by atoms with Crippen LogP contribution in [-0.2, 0) is 38.1 Å². The minimum absolute atomic E-state index is 0.150. The SMILES string of the molecule is CC(=O)N[C@@H]1[C@@H](OC(C)=O)[C@H](OC(C)=O)[C@@H](COC(C)=O)O[C@H]1NC(=O)N(C(C)C)C(C)C. The molecule has 5 atom stereocenters. The van der Waals surface area contributed by atoms with E-state index in [9.17, 15) is 24.0 Å². The van der Waals surface area contributed by atoms with Gasteiger partial charge in [-0.15, -0.1) is 0 Å². The van der Waals surface area contributed by atoms with Crippen molar-refractivity contribution in [2.24, 2.45) is 0 Å². The fraction of sp³-hybridized carbons (Fsp3) is 0.762. The molecule has 12 heteroatoms. The Kier molecular flexibility index (Phi) is 10.6. The number of nitrogens with zero attached hydrogens (tertiary/aromatic N) is 1. The molecule has 0 aliphatic carbocycles. The second-order valence-corrected chi connectivity index (χ2v) is 8.32. The van der Waals surface area contributed by atoms with Crippen LogP contribution in [0.1, 0.15) is 55.4 Å². The Morgan fingerprint density at radius 2 is 1.33 bits per heavy atom. The van der Waals surface area contributed by atoms with Gasteiger partial charge in [0.25, 0.3) is 0 Å². The first-order chi connectivity index (χ1) is 15.2. The van der Waals surface area contributed by atoms with Gasteiger partial charge in [0.2, 0.25) is 5.91 Å². The molecule has 1 aliphatic rings. The van der Waals surface area contributed by atoms with Gasteiger partial charge < -0.3 is 34.5 Å². The molecule has 33 heavy (non-hydrogen) atoms. The van der Waals surface area contributed by atoms with Crippen molar-refractivity contribution < 1.29 is 42.9 Å². The quantitative estimate of drug-likeness (QED) is 0.379. The number of carbonyl (C=O) groups is 5. The maximum atomic E-state index is 13.0. The first-order valence-corrected chi connectivity index (χ1v) is 10.7. The van der Waals surface area contributed by atoms with E-state index in [1.807, 2.05) is 27.7 Å². The fourth-order valence-electron chi connectivity index (χ4n) is 3.72. The molecule has 1 fully saturated rings. The molecule has 1 aliphatic heterocycles. The van der Waals surface area contributed by atoms with Gasteiger partial charge in [-0.3, -0.25) is 19.2 Å². The third-order valence-corrected chi connectivity index (χ3v) is 4.73. The van der Waals surface area contributed by atoms with Crippen LogP contribution in [0.15, 0.2) is 0 Å². The summed E-state index contributed by atoms with van der Waals surface area (Å²) < 4.78 is 21.7. The van der Waals surface area contributed by atoms with E-state index in [1.54, 1.807) is 4.90 Å². The zero-order valence-electron chi connectivity index (χ0n) is 20.4. The summed E-state index contributed by atoms with van der Waals surface area (Å²) in [4.78, 5) is 61.5. The lowest BCUT2D eigenvalue weighted by Crippen LogP contribution is -2.70. The minimum atomic E-state index is -1.23. The van der Waals surface area contributed by atoms with E-state index in [0.717, 1.165) is 13.8 Å². The highest BCUT2D eigenvalue weighted by Gasteiger charge is 2.51. The number of urea groups is 1. The Morgan fingerprint density at radius 1 is 0.818 bits per heavy atom. The highest BCUT2D eigenvalue weighted by Crippen LogP contribution is 2.26. The summed E-state index contributed by atoms with van der Waals surface area (Å²) >= 11 is 0. The summed E-state index contributed by atoms with van der Waals surface area (Å²) in [6, 6.07) is -1.89. The Bertz CT molecular complexity index is 732. The highest BCUT2D eigenvalue weighted by atomic mass is 16.6. The van der Waals surface area contributed by atoms with Crippen LogP contribution in [0.2, 0.25) is 0 Å². The van der Waals surface area contributed by atoms with Crippen molar-refractivity contribution >= 4 is 29.8 Å². The number of amides is 3. The zero-order valence-corrected chi connectivity index (χ0v) is 20.4. The van der Waals surface area contributed by atoms with Gasteiger partial charge in [0.15, 0.2) is 18.4 Å². The second kappa shape index (κ2) is 12.4. The van der Waals surface area contributed by atoms with Crippen LogP contribution in [0.4, 0.5) is 4.79 Å². The molecular formula is C21H35N3O9. The van der Waals surface area contributed by atoms with Crippen molar-refractivity contribution in [3.05, 3.63) is 0 Å². The smallest absolute Gasteiger partial charge is 0.319 e. The number of esters is 3. The third-order valence-electron chi connectivity index (χ3n) is 4.73. The molecule has 0 radical (unpaired) electrons. The van der Waals surface area contributed by atoms with E-state index in [1.165, 1.54) is 13.8 Å². The molecule has 1 rings (SSSR count). The standard InChI is InChI=1S/C21H35N3O9/c1-10(2)24(11(3)4)21(29)23-20-17(22-12(5)25)19(32-15(8)28)18(31-14(7)27)16(33-20)9-30-13(6)26/h10-11,16-20H,9H2,1-8H3,(H,22,25)(H,23,29)/t16-,17-,18-,19-,20-/m1/s1. The number of ether oxygens (including phenoxy) is 4. The maximum absolute atomic E-state index is 13.0. The van der Waals surface area contributed by atoms with E-state index in [2.05, 4.69) is 10.6 Å². The summed E-state index contributed by atoms with van der Waals surface area (Å²) in [6.45, 7) is 11.8. The van der Waals surface area contributed by atoms with Crippen LogP contribution >= 0.6 is 0 Å². The average molecular weight is 474 g/mol. The van der Waals surface area contributed by atoms with E-state index < -0.39 is 60.4 Å². The summed E-state index contributed by atoms with van der Waals surface area (Å²) in [5.41, 5.74) is 0. The Morgan fingerprint density at radius 3 is 1.76 bits per heavy atom. The number of rotatable bonds is 8. The van der Waals surface area contributed by atoms with Gasteiger partial charge in [-0.2, -0.15) is 0 Å². The zero-order chi connectivity index (χ0) is 25.5. The monoisotopic (exact) mass is 473 g/mol. The number of hydrogen-bond acceptors (Lipinski definition) is 9. The summed E-state index contributed by atoms with van der Waals surface area (Å²) in [6.07, 6.45) is -4.74. The minimum Gasteiger partial charge on any atom is -0.463 e. The molecule has 0 unspecified atom stereocenters. The molecule has 12 nitrogen and oxygen atoms in total. The third kappa shape index (κ3) is 8.52. The predicted molar refractivity (Wildman–Crippen MR) is 115 cm³/mol. The van der Waals surface area contributed by atoms with Crippen LogP contribution in [0.5, 0.6) is 0 Å². The first-order valence-electron chi connectivity index (χ1n) is 10.7. The van der Waals surface area contributed by atoms with Gasteiger partial charge in [-0.1, -0.05) is 0 Å². The molecule has 0 spiro atoms. The number of carbonyl (C=O) groups excluding carboxylic acids is 5. The molecule has 0 aromatic heterocycles. The molecule has 3 amide bonds.